The van der Waals surface area contributed by atoms with Gasteiger partial charge in [0.25, 0.3) is 0 Å². The summed E-state index contributed by atoms with van der Waals surface area (Å²) >= 11 is 0. The lowest BCUT2D eigenvalue weighted by Gasteiger charge is -2.21. The summed E-state index contributed by atoms with van der Waals surface area (Å²) in [5.41, 5.74) is 0. The number of rotatable bonds is 10. The maximum absolute atomic E-state index is 5.31. The monoisotopic (exact) mass is 436 g/mol. The van der Waals surface area contributed by atoms with E-state index < -0.39 is 0 Å². The van der Waals surface area contributed by atoms with Gasteiger partial charge in [-0.15, -0.1) is 24.0 Å². The van der Waals surface area contributed by atoms with Crippen LogP contribution in [0.4, 0.5) is 0 Å². The van der Waals surface area contributed by atoms with Crippen molar-refractivity contribution in [2.75, 3.05) is 26.2 Å². The van der Waals surface area contributed by atoms with Gasteiger partial charge in [-0.3, -0.25) is 0 Å². The molecule has 0 fully saturated rings. The van der Waals surface area contributed by atoms with E-state index in [0.29, 0.717) is 12.6 Å². The lowest BCUT2D eigenvalue weighted by atomic mass is 10.2. The zero-order chi connectivity index (χ0) is 16.2. The zero-order valence-electron chi connectivity index (χ0n) is 15.0. The second-order valence-electron chi connectivity index (χ2n) is 5.49. The van der Waals surface area contributed by atoms with Gasteiger partial charge in [0.15, 0.2) is 5.96 Å². The molecule has 0 aliphatic carbocycles. The summed E-state index contributed by atoms with van der Waals surface area (Å²) in [5.74, 6) is 1.74. The highest BCUT2D eigenvalue weighted by Crippen LogP contribution is 2.02. The summed E-state index contributed by atoms with van der Waals surface area (Å²) in [7, 11) is 0. The van der Waals surface area contributed by atoms with E-state index >= 15 is 0 Å². The standard InChI is InChI=1S/C17H32N4O.HI/c1-5-18-17(19-14-16-11-9-13-22-16)20-15(4)10-8-12-21(6-2)7-3;/h9,11,13,15H,5-8,10,12,14H2,1-4H3,(H2,18,19,20);1H. The molecule has 0 aliphatic rings. The minimum atomic E-state index is 0. The normalized spacial score (nSPS) is 12.8. The van der Waals surface area contributed by atoms with Crippen molar-refractivity contribution < 1.29 is 4.42 Å². The molecule has 1 aromatic rings. The molecule has 1 heterocycles. The Morgan fingerprint density at radius 2 is 2.04 bits per heavy atom. The predicted molar refractivity (Wildman–Crippen MR) is 109 cm³/mol. The van der Waals surface area contributed by atoms with Crippen LogP contribution in [0.25, 0.3) is 0 Å². The molecule has 1 aromatic heterocycles. The lowest BCUT2D eigenvalue weighted by molar-refractivity contribution is 0.292. The first-order valence-corrected chi connectivity index (χ1v) is 8.49. The van der Waals surface area contributed by atoms with Gasteiger partial charge in [-0.05, 0) is 58.5 Å². The Bertz CT molecular complexity index is 405. The van der Waals surface area contributed by atoms with Crippen molar-refractivity contribution in [3.8, 4) is 0 Å². The molecule has 1 unspecified atom stereocenters. The Balaban J connectivity index is 0.00000484. The topological polar surface area (TPSA) is 52.8 Å². The largest absolute Gasteiger partial charge is 0.467 e. The summed E-state index contributed by atoms with van der Waals surface area (Å²) in [4.78, 5) is 7.02. The van der Waals surface area contributed by atoms with E-state index in [1.54, 1.807) is 6.26 Å². The van der Waals surface area contributed by atoms with E-state index in [1.807, 2.05) is 12.1 Å². The highest BCUT2D eigenvalue weighted by Gasteiger charge is 2.06. The molecule has 0 spiro atoms. The van der Waals surface area contributed by atoms with Gasteiger partial charge in [0, 0.05) is 12.6 Å². The highest BCUT2D eigenvalue weighted by molar-refractivity contribution is 14.0. The number of halogens is 1. The van der Waals surface area contributed by atoms with Crippen LogP contribution >= 0.6 is 24.0 Å². The quantitative estimate of drug-likeness (QED) is 0.335. The molecule has 2 N–H and O–H groups in total. The van der Waals surface area contributed by atoms with Crippen LogP contribution in [0.15, 0.2) is 27.8 Å². The molecular weight excluding hydrogens is 403 g/mol. The molecule has 0 saturated heterocycles. The van der Waals surface area contributed by atoms with E-state index in [1.165, 1.54) is 13.0 Å². The third-order valence-electron chi connectivity index (χ3n) is 3.71. The number of nitrogens with zero attached hydrogens (tertiary/aromatic N) is 2. The molecule has 1 rings (SSSR count). The van der Waals surface area contributed by atoms with Crippen molar-refractivity contribution in [3.63, 3.8) is 0 Å². The van der Waals surface area contributed by atoms with Crippen LogP contribution in [0.3, 0.4) is 0 Å². The van der Waals surface area contributed by atoms with Crippen LogP contribution in [-0.4, -0.2) is 43.1 Å². The summed E-state index contributed by atoms with van der Waals surface area (Å²) < 4.78 is 5.31. The van der Waals surface area contributed by atoms with Gasteiger partial charge in [0.05, 0.1) is 6.26 Å². The predicted octanol–water partition coefficient (Wildman–Crippen LogP) is 3.46. The van der Waals surface area contributed by atoms with Crippen molar-refractivity contribution in [2.24, 2.45) is 4.99 Å². The number of hydrogen-bond acceptors (Lipinski definition) is 3. The molecule has 0 saturated carbocycles. The SMILES string of the molecule is CCNC(=NCc1ccco1)NC(C)CCCN(CC)CC.I. The van der Waals surface area contributed by atoms with Gasteiger partial charge in [-0.25, -0.2) is 4.99 Å². The van der Waals surface area contributed by atoms with Crippen molar-refractivity contribution >= 4 is 29.9 Å². The minimum Gasteiger partial charge on any atom is -0.467 e. The van der Waals surface area contributed by atoms with Crippen LogP contribution in [-0.2, 0) is 6.54 Å². The fourth-order valence-corrected chi connectivity index (χ4v) is 2.35. The average Bonchev–Trinajstić information content (AvgIpc) is 3.03. The molecule has 0 aromatic carbocycles. The maximum Gasteiger partial charge on any atom is 0.191 e. The highest BCUT2D eigenvalue weighted by atomic mass is 127. The van der Waals surface area contributed by atoms with Crippen molar-refractivity contribution in [1.29, 1.82) is 0 Å². The van der Waals surface area contributed by atoms with E-state index in [-0.39, 0.29) is 24.0 Å². The first-order valence-electron chi connectivity index (χ1n) is 8.49. The van der Waals surface area contributed by atoms with Crippen LogP contribution in [0.5, 0.6) is 0 Å². The fraction of sp³-hybridized carbons (Fsp3) is 0.706. The first kappa shape index (κ1) is 22.2. The van der Waals surface area contributed by atoms with Gasteiger partial charge in [0.1, 0.15) is 12.3 Å². The summed E-state index contributed by atoms with van der Waals surface area (Å²) in [6.45, 7) is 13.6. The lowest BCUT2D eigenvalue weighted by Crippen LogP contribution is -2.42. The average molecular weight is 436 g/mol. The molecule has 1 atom stereocenters. The van der Waals surface area contributed by atoms with Crippen LogP contribution < -0.4 is 10.6 Å². The van der Waals surface area contributed by atoms with Crippen LogP contribution in [0.1, 0.15) is 46.3 Å². The molecule has 134 valence electrons. The summed E-state index contributed by atoms with van der Waals surface area (Å²) in [6.07, 6.45) is 4.02. The Morgan fingerprint density at radius 1 is 1.30 bits per heavy atom. The van der Waals surface area contributed by atoms with Gasteiger partial charge < -0.3 is 20.0 Å². The molecule has 0 radical (unpaired) electrons. The van der Waals surface area contributed by atoms with Gasteiger partial charge in [0.2, 0.25) is 0 Å². The van der Waals surface area contributed by atoms with Gasteiger partial charge in [-0.1, -0.05) is 13.8 Å². The number of furan rings is 1. The zero-order valence-corrected chi connectivity index (χ0v) is 17.3. The Morgan fingerprint density at radius 3 is 2.61 bits per heavy atom. The summed E-state index contributed by atoms with van der Waals surface area (Å²) in [6, 6.07) is 4.24. The van der Waals surface area contributed by atoms with E-state index in [4.69, 9.17) is 4.42 Å². The van der Waals surface area contributed by atoms with E-state index in [2.05, 4.69) is 48.2 Å². The van der Waals surface area contributed by atoms with E-state index in [0.717, 1.165) is 37.8 Å². The molecule has 0 bridgehead atoms. The molecular formula is C17H33IN4O. The van der Waals surface area contributed by atoms with E-state index in [9.17, 15) is 0 Å². The third-order valence-corrected chi connectivity index (χ3v) is 3.71. The fourth-order valence-electron chi connectivity index (χ4n) is 2.35. The number of hydrogen-bond donors (Lipinski definition) is 2. The first-order chi connectivity index (χ1) is 10.7. The van der Waals surface area contributed by atoms with Crippen molar-refractivity contribution in [2.45, 2.75) is 53.1 Å². The van der Waals surface area contributed by atoms with Gasteiger partial charge >= 0.3 is 0 Å². The molecule has 6 heteroatoms. The third kappa shape index (κ3) is 9.86. The van der Waals surface area contributed by atoms with Crippen LogP contribution in [0, 0.1) is 0 Å². The second-order valence-corrected chi connectivity index (χ2v) is 5.49. The maximum atomic E-state index is 5.31. The van der Waals surface area contributed by atoms with Gasteiger partial charge in [-0.2, -0.15) is 0 Å². The molecule has 23 heavy (non-hydrogen) atoms. The molecule has 5 nitrogen and oxygen atoms in total. The number of nitrogens with one attached hydrogen (secondary N) is 2. The molecule has 0 aliphatic heterocycles. The van der Waals surface area contributed by atoms with Crippen LogP contribution in [0.2, 0.25) is 0 Å². The number of aliphatic imine (C=N–C) groups is 1. The minimum absolute atomic E-state index is 0. The van der Waals surface area contributed by atoms with Crippen molar-refractivity contribution in [3.05, 3.63) is 24.2 Å². The smallest absolute Gasteiger partial charge is 0.191 e. The van der Waals surface area contributed by atoms with Crippen molar-refractivity contribution in [1.82, 2.24) is 15.5 Å². The second kappa shape index (κ2) is 13.7. The Labute approximate surface area is 158 Å². The Hall–Kier alpha value is -0.760. The summed E-state index contributed by atoms with van der Waals surface area (Å²) in [5, 5.41) is 6.75. The molecule has 0 amide bonds. The Kier molecular flexibility index (Phi) is 13.2. The number of guanidine groups is 1.